The third kappa shape index (κ3) is 2.97. The van der Waals surface area contributed by atoms with E-state index in [4.69, 9.17) is 0 Å². The maximum absolute atomic E-state index is 12.1. The Kier molecular flexibility index (Phi) is 3.86. The van der Waals surface area contributed by atoms with Gasteiger partial charge in [-0.15, -0.1) is 5.10 Å². The van der Waals surface area contributed by atoms with Crippen molar-refractivity contribution in [2.24, 2.45) is 0 Å². The number of carbonyl (C=O) groups excluding carboxylic acids is 1. The average Bonchev–Trinajstić information content (AvgIpc) is 2.97. The molecule has 2 N–H and O–H groups in total. The molecular formula is C13H18N8O. The van der Waals surface area contributed by atoms with Crippen LogP contribution in [0.15, 0.2) is 12.3 Å². The average molecular weight is 302 g/mol. The van der Waals surface area contributed by atoms with E-state index >= 15 is 0 Å². The van der Waals surface area contributed by atoms with E-state index in [1.165, 1.54) is 0 Å². The van der Waals surface area contributed by atoms with Gasteiger partial charge in [0.15, 0.2) is 0 Å². The van der Waals surface area contributed by atoms with Crippen LogP contribution in [0.25, 0.3) is 0 Å². The highest BCUT2D eigenvalue weighted by atomic mass is 16.2. The van der Waals surface area contributed by atoms with Crippen molar-refractivity contribution in [1.29, 1.82) is 0 Å². The number of amides is 1. The van der Waals surface area contributed by atoms with Crippen LogP contribution in [-0.2, 0) is 13.1 Å². The Hall–Kier alpha value is -2.71. The molecule has 2 aromatic heterocycles. The van der Waals surface area contributed by atoms with Crippen molar-refractivity contribution in [2.45, 2.75) is 19.5 Å². The van der Waals surface area contributed by atoms with Crippen molar-refractivity contribution < 1.29 is 4.79 Å². The van der Waals surface area contributed by atoms with Crippen molar-refractivity contribution in [3.63, 3.8) is 0 Å². The Bertz CT molecular complexity index is 657. The summed E-state index contributed by atoms with van der Waals surface area (Å²) < 4.78 is 1.72. The molecule has 0 saturated heterocycles. The van der Waals surface area contributed by atoms with Gasteiger partial charge in [0.1, 0.15) is 0 Å². The molecular weight excluding hydrogens is 284 g/mol. The maximum atomic E-state index is 12.1. The third-order valence-electron chi connectivity index (χ3n) is 3.24. The van der Waals surface area contributed by atoms with E-state index in [0.29, 0.717) is 18.4 Å². The zero-order chi connectivity index (χ0) is 15.5. The molecule has 9 heteroatoms. The summed E-state index contributed by atoms with van der Waals surface area (Å²) in [7, 11) is 3.73. The molecule has 0 saturated carbocycles. The van der Waals surface area contributed by atoms with Crippen LogP contribution in [0.4, 0.5) is 11.9 Å². The summed E-state index contributed by atoms with van der Waals surface area (Å²) in [6.07, 6.45) is 2.65. The van der Waals surface area contributed by atoms with Gasteiger partial charge in [-0.05, 0) is 12.5 Å². The first-order chi connectivity index (χ1) is 10.6. The van der Waals surface area contributed by atoms with Gasteiger partial charge in [-0.1, -0.05) is 0 Å². The van der Waals surface area contributed by atoms with E-state index in [9.17, 15) is 4.79 Å². The summed E-state index contributed by atoms with van der Waals surface area (Å²) in [6.45, 7) is 1.94. The van der Waals surface area contributed by atoms with Crippen molar-refractivity contribution in [2.75, 3.05) is 30.9 Å². The molecule has 0 fully saturated rings. The summed E-state index contributed by atoms with van der Waals surface area (Å²) >= 11 is 0. The molecule has 1 aliphatic heterocycles. The number of aryl methyl sites for hydroxylation is 1. The predicted molar refractivity (Wildman–Crippen MR) is 80.7 cm³/mol. The van der Waals surface area contributed by atoms with E-state index in [-0.39, 0.29) is 11.7 Å². The Morgan fingerprint density at radius 2 is 2.32 bits per heavy atom. The monoisotopic (exact) mass is 302 g/mol. The third-order valence-corrected chi connectivity index (χ3v) is 3.24. The molecule has 9 nitrogen and oxygen atoms in total. The van der Waals surface area contributed by atoms with Crippen molar-refractivity contribution >= 4 is 17.8 Å². The SMILES string of the molecule is CN(C)c1nccc(CNC(=O)c2nc3n(n2)CCCN3)n1. The van der Waals surface area contributed by atoms with Gasteiger partial charge < -0.3 is 15.5 Å². The van der Waals surface area contributed by atoms with Gasteiger partial charge in [-0.2, -0.15) is 4.98 Å². The molecule has 0 radical (unpaired) electrons. The van der Waals surface area contributed by atoms with Crippen LogP contribution in [0.3, 0.4) is 0 Å². The van der Waals surface area contributed by atoms with E-state index in [0.717, 1.165) is 25.2 Å². The summed E-state index contributed by atoms with van der Waals surface area (Å²) in [5.41, 5.74) is 0.731. The van der Waals surface area contributed by atoms with E-state index < -0.39 is 0 Å². The minimum atomic E-state index is -0.311. The lowest BCUT2D eigenvalue weighted by atomic mass is 10.4. The largest absolute Gasteiger partial charge is 0.354 e. The van der Waals surface area contributed by atoms with Crippen LogP contribution in [0.1, 0.15) is 22.7 Å². The molecule has 0 aliphatic carbocycles. The number of hydrogen-bond donors (Lipinski definition) is 2. The summed E-state index contributed by atoms with van der Waals surface area (Å²) in [4.78, 5) is 26.6. The molecule has 1 amide bonds. The van der Waals surface area contributed by atoms with Crippen molar-refractivity contribution in [3.05, 3.63) is 23.8 Å². The van der Waals surface area contributed by atoms with E-state index in [1.807, 2.05) is 19.0 Å². The van der Waals surface area contributed by atoms with Gasteiger partial charge in [0.2, 0.25) is 17.7 Å². The Morgan fingerprint density at radius 1 is 1.45 bits per heavy atom. The standard InChI is InChI=1S/C13H18N8O/c1-20(2)12-15-6-4-9(17-12)8-16-11(22)10-18-13-14-5-3-7-21(13)19-10/h4,6H,3,5,7-8H2,1-2H3,(H,16,22)(H,14,18,19). The maximum Gasteiger partial charge on any atom is 0.291 e. The van der Waals surface area contributed by atoms with Crippen LogP contribution >= 0.6 is 0 Å². The number of aromatic nitrogens is 5. The lowest BCUT2D eigenvalue weighted by Gasteiger charge is -2.12. The smallest absolute Gasteiger partial charge is 0.291 e. The lowest BCUT2D eigenvalue weighted by molar-refractivity contribution is 0.0939. The van der Waals surface area contributed by atoms with Crippen LogP contribution in [0.2, 0.25) is 0 Å². The molecule has 22 heavy (non-hydrogen) atoms. The van der Waals surface area contributed by atoms with Gasteiger partial charge in [0.25, 0.3) is 5.91 Å². The zero-order valence-electron chi connectivity index (χ0n) is 12.6. The van der Waals surface area contributed by atoms with Crippen LogP contribution in [0, 0.1) is 0 Å². The second-order valence-corrected chi connectivity index (χ2v) is 5.19. The fraction of sp³-hybridized carbons (Fsp3) is 0.462. The summed E-state index contributed by atoms with van der Waals surface area (Å²) in [5.74, 6) is 1.11. The minimum absolute atomic E-state index is 0.172. The lowest BCUT2D eigenvalue weighted by Crippen LogP contribution is -2.25. The molecule has 1 aliphatic rings. The van der Waals surface area contributed by atoms with Gasteiger partial charge in [-0.25, -0.2) is 14.6 Å². The number of carbonyl (C=O) groups is 1. The number of nitrogens with zero attached hydrogens (tertiary/aromatic N) is 6. The molecule has 0 bridgehead atoms. The van der Waals surface area contributed by atoms with Crippen LogP contribution in [0.5, 0.6) is 0 Å². The molecule has 3 heterocycles. The van der Waals surface area contributed by atoms with Gasteiger partial charge >= 0.3 is 0 Å². The molecule has 0 spiro atoms. The second kappa shape index (κ2) is 5.96. The zero-order valence-corrected chi connectivity index (χ0v) is 12.6. The Labute approximate surface area is 127 Å². The highest BCUT2D eigenvalue weighted by Crippen LogP contribution is 2.10. The first kappa shape index (κ1) is 14.2. The quantitative estimate of drug-likeness (QED) is 0.812. The Morgan fingerprint density at radius 3 is 3.09 bits per heavy atom. The first-order valence-electron chi connectivity index (χ1n) is 7.09. The van der Waals surface area contributed by atoms with Gasteiger partial charge in [-0.3, -0.25) is 4.79 Å². The first-order valence-corrected chi connectivity index (χ1v) is 7.09. The predicted octanol–water partition coefficient (Wildman–Crippen LogP) is -0.120. The van der Waals surface area contributed by atoms with Crippen molar-refractivity contribution in [1.82, 2.24) is 30.0 Å². The van der Waals surface area contributed by atoms with Crippen LogP contribution < -0.4 is 15.5 Å². The fourth-order valence-electron chi connectivity index (χ4n) is 2.10. The topological polar surface area (TPSA) is 101 Å². The summed E-state index contributed by atoms with van der Waals surface area (Å²) in [6, 6.07) is 1.76. The minimum Gasteiger partial charge on any atom is -0.354 e. The van der Waals surface area contributed by atoms with Crippen molar-refractivity contribution in [3.8, 4) is 0 Å². The van der Waals surface area contributed by atoms with E-state index in [1.54, 1.807) is 16.9 Å². The highest BCUT2D eigenvalue weighted by molar-refractivity contribution is 5.90. The van der Waals surface area contributed by atoms with E-state index in [2.05, 4.69) is 30.7 Å². The molecule has 2 aromatic rings. The summed E-state index contributed by atoms with van der Waals surface area (Å²) in [5, 5.41) is 10.1. The number of rotatable bonds is 4. The molecule has 0 unspecified atom stereocenters. The fourth-order valence-corrected chi connectivity index (χ4v) is 2.10. The highest BCUT2D eigenvalue weighted by Gasteiger charge is 2.18. The molecule has 0 atom stereocenters. The van der Waals surface area contributed by atoms with Gasteiger partial charge in [0, 0.05) is 33.4 Å². The number of nitrogens with one attached hydrogen (secondary N) is 2. The Balaban J connectivity index is 1.65. The molecule has 0 aromatic carbocycles. The van der Waals surface area contributed by atoms with Gasteiger partial charge in [0.05, 0.1) is 12.2 Å². The number of fused-ring (bicyclic) bond motifs is 1. The van der Waals surface area contributed by atoms with Crippen LogP contribution in [-0.4, -0.2) is 51.3 Å². The second-order valence-electron chi connectivity index (χ2n) is 5.19. The normalized spacial score (nSPS) is 13.2. The number of hydrogen-bond acceptors (Lipinski definition) is 7. The molecule has 3 rings (SSSR count). The number of anilines is 2. The molecule has 116 valence electrons.